The van der Waals surface area contributed by atoms with Crippen LogP contribution >= 0.6 is 0 Å². The first-order valence-corrected chi connectivity index (χ1v) is 12.6. The van der Waals surface area contributed by atoms with Crippen LogP contribution in [0.3, 0.4) is 0 Å². The van der Waals surface area contributed by atoms with E-state index in [1.54, 1.807) is 24.3 Å². The first-order valence-electron chi connectivity index (χ1n) is 11.0. The largest absolute Gasteiger partial charge is 0.326 e. The van der Waals surface area contributed by atoms with Gasteiger partial charge in [-0.05, 0) is 62.6 Å². The lowest BCUT2D eigenvalue weighted by Gasteiger charge is -2.18. The van der Waals surface area contributed by atoms with Crippen molar-refractivity contribution in [3.05, 3.63) is 65.5 Å². The van der Waals surface area contributed by atoms with Crippen LogP contribution < -0.4 is 9.62 Å². The number of carbonyl (C=O) groups excluding carboxylic acids is 1. The van der Waals surface area contributed by atoms with Gasteiger partial charge in [-0.25, -0.2) is 17.9 Å². The Hall–Kier alpha value is -3.46. The minimum atomic E-state index is -3.26. The van der Waals surface area contributed by atoms with E-state index in [-0.39, 0.29) is 18.1 Å². The normalized spacial score (nSPS) is 15.4. The molecule has 1 aliphatic rings. The van der Waals surface area contributed by atoms with E-state index in [9.17, 15) is 13.2 Å². The van der Waals surface area contributed by atoms with Gasteiger partial charge < -0.3 is 5.32 Å². The molecular weight excluding hydrogens is 438 g/mol. The van der Waals surface area contributed by atoms with Crippen molar-refractivity contribution < 1.29 is 13.2 Å². The molecule has 1 aliphatic heterocycles. The Kier molecular flexibility index (Phi) is 5.28. The van der Waals surface area contributed by atoms with Crippen LogP contribution in [-0.4, -0.2) is 41.2 Å². The molecule has 0 saturated carbocycles. The van der Waals surface area contributed by atoms with Crippen LogP contribution in [0.2, 0.25) is 0 Å². The van der Waals surface area contributed by atoms with E-state index in [1.807, 2.05) is 42.6 Å². The molecule has 0 bridgehead atoms. The van der Waals surface area contributed by atoms with Crippen LogP contribution in [0.15, 0.2) is 48.5 Å². The number of amides is 1. The summed E-state index contributed by atoms with van der Waals surface area (Å²) in [5.41, 5.74) is 5.74. The highest BCUT2D eigenvalue weighted by atomic mass is 32.2. The Morgan fingerprint density at radius 1 is 1.12 bits per heavy atom. The highest BCUT2D eigenvalue weighted by Gasteiger charge is 2.28. The molecule has 9 heteroatoms. The maximum atomic E-state index is 12.7. The number of anilines is 2. The average Bonchev–Trinajstić information content (AvgIpc) is 3.33. The fraction of sp³-hybridized carbons (Fsp3) is 0.292. The Balaban J connectivity index is 1.33. The van der Waals surface area contributed by atoms with Crippen molar-refractivity contribution >= 4 is 43.9 Å². The van der Waals surface area contributed by atoms with Crippen LogP contribution in [-0.2, 0) is 21.2 Å². The number of sulfonamides is 1. The second-order valence-electron chi connectivity index (χ2n) is 8.35. The van der Waals surface area contributed by atoms with Crippen molar-refractivity contribution in [2.24, 2.45) is 0 Å². The number of nitrogens with one attached hydrogen (secondary N) is 1. The predicted octanol–water partition coefficient (Wildman–Crippen LogP) is 3.61. The monoisotopic (exact) mass is 463 g/mol. The summed E-state index contributed by atoms with van der Waals surface area (Å²) in [5.74, 6) is 0.0212. The Bertz CT molecular complexity index is 1490. The summed E-state index contributed by atoms with van der Waals surface area (Å²) < 4.78 is 27.6. The van der Waals surface area contributed by atoms with Gasteiger partial charge in [0.1, 0.15) is 0 Å². The van der Waals surface area contributed by atoms with Crippen molar-refractivity contribution in [2.45, 2.75) is 33.1 Å². The molecule has 3 heterocycles. The molecule has 2 aromatic heterocycles. The summed E-state index contributed by atoms with van der Waals surface area (Å²) in [5, 5.41) is 8.58. The fourth-order valence-corrected chi connectivity index (χ4v) is 6.03. The third-order valence-electron chi connectivity index (χ3n) is 6.14. The summed E-state index contributed by atoms with van der Waals surface area (Å²) in [7, 11) is -3.26. The van der Waals surface area contributed by atoms with Crippen LogP contribution in [0.25, 0.3) is 16.6 Å². The van der Waals surface area contributed by atoms with Crippen molar-refractivity contribution in [3.63, 3.8) is 0 Å². The first-order chi connectivity index (χ1) is 15.8. The number of carbonyl (C=O) groups is 1. The van der Waals surface area contributed by atoms with Crippen molar-refractivity contribution in [2.75, 3.05) is 21.9 Å². The zero-order valence-corrected chi connectivity index (χ0v) is 19.4. The van der Waals surface area contributed by atoms with Crippen LogP contribution in [0, 0.1) is 13.8 Å². The lowest BCUT2D eigenvalue weighted by molar-refractivity contribution is -0.116. The molecule has 0 unspecified atom stereocenters. The van der Waals surface area contributed by atoms with E-state index < -0.39 is 10.0 Å². The number of nitrogens with zero attached hydrogens (tertiary/aromatic N) is 4. The zero-order valence-electron chi connectivity index (χ0n) is 18.6. The van der Waals surface area contributed by atoms with E-state index in [2.05, 4.69) is 10.4 Å². The van der Waals surface area contributed by atoms with Gasteiger partial charge in [0.15, 0.2) is 5.65 Å². The number of aryl methyl sites for hydroxylation is 2. The highest BCUT2D eigenvalue weighted by molar-refractivity contribution is 7.93. The summed E-state index contributed by atoms with van der Waals surface area (Å²) in [6.07, 6.45) is 1.42. The molecule has 5 rings (SSSR count). The second kappa shape index (κ2) is 8.15. The molecule has 1 fully saturated rings. The topological polar surface area (TPSA) is 96.7 Å². The zero-order chi connectivity index (χ0) is 23.2. The van der Waals surface area contributed by atoms with E-state index in [0.717, 1.165) is 33.5 Å². The third kappa shape index (κ3) is 3.93. The van der Waals surface area contributed by atoms with Crippen molar-refractivity contribution in [3.8, 4) is 0 Å². The van der Waals surface area contributed by atoms with Crippen LogP contribution in [0.4, 0.5) is 11.4 Å². The number of hydrogen-bond donors (Lipinski definition) is 1. The van der Waals surface area contributed by atoms with Gasteiger partial charge in [0, 0.05) is 35.4 Å². The third-order valence-corrected chi connectivity index (χ3v) is 8.01. The number of hydrogen-bond acceptors (Lipinski definition) is 5. The standard InChI is InChI=1S/C24H25N5O3S/c1-16-20(17(2)29-24(25-16)21-9-3-4-10-22(21)27-29)11-12-23(30)26-18-7-5-8-19(15-18)28-13-6-14-33(28,31)32/h3-5,7-10,15H,6,11-14H2,1-2H3,(H,26,30). The van der Waals surface area contributed by atoms with E-state index in [4.69, 9.17) is 4.98 Å². The molecular formula is C24H25N5O3S. The molecule has 1 amide bonds. The molecule has 0 aliphatic carbocycles. The molecule has 170 valence electrons. The minimum Gasteiger partial charge on any atom is -0.326 e. The highest BCUT2D eigenvalue weighted by Crippen LogP contribution is 2.27. The molecule has 33 heavy (non-hydrogen) atoms. The number of aromatic nitrogens is 3. The Morgan fingerprint density at radius 2 is 1.94 bits per heavy atom. The van der Waals surface area contributed by atoms with Gasteiger partial charge >= 0.3 is 0 Å². The van der Waals surface area contributed by atoms with Gasteiger partial charge in [0.05, 0.1) is 17.0 Å². The Labute approximate surface area is 192 Å². The molecule has 8 nitrogen and oxygen atoms in total. The second-order valence-corrected chi connectivity index (χ2v) is 10.4. The van der Waals surface area contributed by atoms with Crippen molar-refractivity contribution in [1.82, 2.24) is 14.6 Å². The smallest absolute Gasteiger partial charge is 0.235 e. The predicted molar refractivity (Wildman–Crippen MR) is 129 cm³/mol. The molecule has 0 radical (unpaired) electrons. The van der Waals surface area contributed by atoms with E-state index >= 15 is 0 Å². The fourth-order valence-electron chi connectivity index (χ4n) is 4.47. The lowest BCUT2D eigenvalue weighted by atomic mass is 10.1. The van der Waals surface area contributed by atoms with Crippen LogP contribution in [0.1, 0.15) is 29.8 Å². The quantitative estimate of drug-likeness (QED) is 0.488. The summed E-state index contributed by atoms with van der Waals surface area (Å²) in [4.78, 5) is 17.4. The van der Waals surface area contributed by atoms with E-state index in [0.29, 0.717) is 30.8 Å². The summed E-state index contributed by atoms with van der Waals surface area (Å²) in [6, 6.07) is 14.9. The Morgan fingerprint density at radius 3 is 2.73 bits per heavy atom. The molecule has 2 aromatic carbocycles. The van der Waals surface area contributed by atoms with Crippen molar-refractivity contribution in [1.29, 1.82) is 0 Å². The van der Waals surface area contributed by atoms with Gasteiger partial charge in [0.2, 0.25) is 15.9 Å². The first kappa shape index (κ1) is 21.4. The number of benzene rings is 2. The van der Waals surface area contributed by atoms with E-state index in [1.165, 1.54) is 4.31 Å². The van der Waals surface area contributed by atoms with Gasteiger partial charge in [-0.3, -0.25) is 9.10 Å². The molecule has 1 saturated heterocycles. The van der Waals surface area contributed by atoms with Gasteiger partial charge in [-0.15, -0.1) is 0 Å². The molecule has 1 N–H and O–H groups in total. The number of fused-ring (bicyclic) bond motifs is 3. The SMILES string of the molecule is Cc1nc2c3ccccc3nn2c(C)c1CCC(=O)Nc1cccc(N2CCCS2(=O)=O)c1. The number of rotatable bonds is 5. The van der Waals surface area contributed by atoms with Crippen LogP contribution in [0.5, 0.6) is 0 Å². The summed E-state index contributed by atoms with van der Waals surface area (Å²) >= 11 is 0. The minimum absolute atomic E-state index is 0.138. The van der Waals surface area contributed by atoms with Gasteiger partial charge in [0.25, 0.3) is 0 Å². The maximum absolute atomic E-state index is 12.7. The summed E-state index contributed by atoms with van der Waals surface area (Å²) in [6.45, 7) is 4.43. The maximum Gasteiger partial charge on any atom is 0.235 e. The molecule has 4 aromatic rings. The average molecular weight is 464 g/mol. The lowest BCUT2D eigenvalue weighted by Crippen LogP contribution is -2.25. The molecule has 0 atom stereocenters. The van der Waals surface area contributed by atoms with Gasteiger partial charge in [-0.1, -0.05) is 18.2 Å². The van der Waals surface area contributed by atoms with Gasteiger partial charge in [-0.2, -0.15) is 5.10 Å². The molecule has 0 spiro atoms.